The Morgan fingerprint density at radius 2 is 1.32 bits per heavy atom. The fourth-order valence-electron chi connectivity index (χ4n) is 3.62. The molecule has 0 radical (unpaired) electrons. The van der Waals surface area contributed by atoms with Gasteiger partial charge in [-0.25, -0.2) is 4.39 Å². The van der Waals surface area contributed by atoms with Crippen LogP contribution in [-0.4, -0.2) is 0 Å². The second kappa shape index (κ2) is 8.16. The molecule has 4 aromatic carbocycles. The van der Waals surface area contributed by atoms with Gasteiger partial charge in [-0.15, -0.1) is 11.6 Å². The van der Waals surface area contributed by atoms with E-state index in [0.29, 0.717) is 11.4 Å². The van der Waals surface area contributed by atoms with Crippen LogP contribution in [0.3, 0.4) is 0 Å². The molecule has 0 saturated carbocycles. The fourth-order valence-corrected chi connectivity index (χ4v) is 3.80. The largest absolute Gasteiger partial charge is 0.206 e. The molecule has 2 heteroatoms. The van der Waals surface area contributed by atoms with E-state index in [0.717, 1.165) is 40.5 Å². The van der Waals surface area contributed by atoms with Crippen LogP contribution in [0.2, 0.25) is 0 Å². The first-order valence-electron chi connectivity index (χ1n) is 9.66. The summed E-state index contributed by atoms with van der Waals surface area (Å²) in [7, 11) is 0. The lowest BCUT2D eigenvalue weighted by molar-refractivity contribution is 0.632. The number of benzene rings is 4. The van der Waals surface area contributed by atoms with Gasteiger partial charge in [0.2, 0.25) is 0 Å². The molecule has 0 amide bonds. The van der Waals surface area contributed by atoms with Crippen LogP contribution in [0.15, 0.2) is 78.9 Å². The van der Waals surface area contributed by atoms with Crippen molar-refractivity contribution in [3.63, 3.8) is 0 Å². The van der Waals surface area contributed by atoms with E-state index < -0.39 is 0 Å². The Morgan fingerprint density at radius 3 is 2.04 bits per heavy atom. The van der Waals surface area contributed by atoms with Crippen molar-refractivity contribution < 1.29 is 4.39 Å². The molecule has 0 heterocycles. The van der Waals surface area contributed by atoms with Crippen molar-refractivity contribution in [3.8, 4) is 22.3 Å². The average Bonchev–Trinajstić information content (AvgIpc) is 2.73. The number of rotatable bonds is 5. The summed E-state index contributed by atoms with van der Waals surface area (Å²) in [4.78, 5) is 0. The van der Waals surface area contributed by atoms with Crippen LogP contribution in [0.5, 0.6) is 0 Å². The van der Waals surface area contributed by atoms with Gasteiger partial charge in [0.05, 0.1) is 0 Å². The van der Waals surface area contributed by atoms with E-state index in [1.807, 2.05) is 42.5 Å². The lowest BCUT2D eigenvalue weighted by atomic mass is 9.96. The summed E-state index contributed by atoms with van der Waals surface area (Å²) in [5.74, 6) is 0.274. The third kappa shape index (κ3) is 3.81. The Bertz CT molecular complexity index is 1110. The zero-order valence-electron chi connectivity index (χ0n) is 15.9. The molecule has 4 rings (SSSR count). The van der Waals surface area contributed by atoms with E-state index in [-0.39, 0.29) is 5.82 Å². The highest BCUT2D eigenvalue weighted by Crippen LogP contribution is 2.30. The van der Waals surface area contributed by atoms with Gasteiger partial charge >= 0.3 is 0 Å². The van der Waals surface area contributed by atoms with E-state index in [4.69, 9.17) is 11.6 Å². The lowest BCUT2D eigenvalue weighted by Crippen LogP contribution is -1.88. The van der Waals surface area contributed by atoms with Gasteiger partial charge in [-0.1, -0.05) is 80.1 Å². The Morgan fingerprint density at radius 1 is 0.679 bits per heavy atom. The smallest absolute Gasteiger partial charge is 0.131 e. The minimum Gasteiger partial charge on any atom is -0.206 e. The molecule has 0 aliphatic rings. The van der Waals surface area contributed by atoms with Gasteiger partial charge in [0, 0.05) is 11.4 Å². The summed E-state index contributed by atoms with van der Waals surface area (Å²) in [6, 6.07) is 26.1. The highest BCUT2D eigenvalue weighted by atomic mass is 35.5. The van der Waals surface area contributed by atoms with E-state index in [2.05, 4.69) is 37.3 Å². The van der Waals surface area contributed by atoms with Crippen LogP contribution >= 0.6 is 11.6 Å². The summed E-state index contributed by atoms with van der Waals surface area (Å²) < 4.78 is 14.9. The second-order valence-corrected chi connectivity index (χ2v) is 7.44. The molecular formula is C26H22ClF. The maximum Gasteiger partial charge on any atom is 0.131 e. The van der Waals surface area contributed by atoms with Crippen LogP contribution in [0.4, 0.5) is 4.39 Å². The van der Waals surface area contributed by atoms with Crippen LogP contribution in [0.1, 0.15) is 24.5 Å². The van der Waals surface area contributed by atoms with E-state index >= 15 is 0 Å². The zero-order chi connectivity index (χ0) is 19.5. The first-order valence-corrected chi connectivity index (χ1v) is 10.2. The molecule has 0 unspecified atom stereocenters. The van der Waals surface area contributed by atoms with Gasteiger partial charge in [-0.3, -0.25) is 0 Å². The third-order valence-corrected chi connectivity index (χ3v) is 5.47. The second-order valence-electron chi connectivity index (χ2n) is 7.17. The van der Waals surface area contributed by atoms with Crippen LogP contribution in [-0.2, 0) is 12.3 Å². The predicted molar refractivity (Wildman–Crippen MR) is 118 cm³/mol. The van der Waals surface area contributed by atoms with Crippen molar-refractivity contribution in [2.24, 2.45) is 0 Å². The van der Waals surface area contributed by atoms with Crippen LogP contribution < -0.4 is 0 Å². The number of hydrogen-bond acceptors (Lipinski definition) is 0. The van der Waals surface area contributed by atoms with Gasteiger partial charge in [0.1, 0.15) is 5.82 Å². The molecule has 0 aliphatic carbocycles. The predicted octanol–water partition coefficient (Wildman–Crippen LogP) is 8.00. The van der Waals surface area contributed by atoms with Gasteiger partial charge < -0.3 is 0 Å². The first-order chi connectivity index (χ1) is 13.7. The molecule has 0 N–H and O–H groups in total. The molecule has 4 aromatic rings. The number of aryl methyl sites for hydroxylation is 1. The Balaban J connectivity index is 1.67. The number of alkyl halides is 1. The quantitative estimate of drug-likeness (QED) is 0.304. The normalized spacial score (nSPS) is 11.1. The monoisotopic (exact) mass is 388 g/mol. The molecule has 0 fully saturated rings. The SMILES string of the molecule is CCCc1ccc2cc(-c3ccc(-c4ccc(CCl)cc4)cc3F)ccc2c1. The van der Waals surface area contributed by atoms with Crippen molar-refractivity contribution >= 4 is 22.4 Å². The highest BCUT2D eigenvalue weighted by Gasteiger charge is 2.09. The molecule has 0 saturated heterocycles. The summed E-state index contributed by atoms with van der Waals surface area (Å²) in [6.07, 6.45) is 2.22. The van der Waals surface area contributed by atoms with Gasteiger partial charge in [0.25, 0.3) is 0 Å². The first kappa shape index (κ1) is 18.7. The molecule has 0 spiro atoms. The molecule has 0 aliphatic heterocycles. The van der Waals surface area contributed by atoms with E-state index in [9.17, 15) is 4.39 Å². The Labute approximate surface area is 170 Å². The molecule has 0 atom stereocenters. The molecule has 140 valence electrons. The summed E-state index contributed by atoms with van der Waals surface area (Å²) in [6.45, 7) is 2.19. The maximum absolute atomic E-state index is 14.9. The van der Waals surface area contributed by atoms with Crippen molar-refractivity contribution in [1.82, 2.24) is 0 Å². The van der Waals surface area contributed by atoms with Gasteiger partial charge in [-0.2, -0.15) is 0 Å². The van der Waals surface area contributed by atoms with Gasteiger partial charge in [0.15, 0.2) is 0 Å². The molecule has 0 bridgehead atoms. The summed E-state index contributed by atoms with van der Waals surface area (Å²) in [5.41, 5.74) is 5.78. The number of hydrogen-bond donors (Lipinski definition) is 0. The number of fused-ring (bicyclic) bond motifs is 1. The molecule has 0 aromatic heterocycles. The standard InChI is InChI=1S/C26H22ClF/c1-2-3-18-4-9-22-15-24(11-10-21(22)14-18)25-13-12-23(16-26(25)28)20-7-5-19(17-27)6-8-20/h4-16H,2-3,17H2,1H3. The molecule has 0 nitrogen and oxygen atoms in total. The van der Waals surface area contributed by atoms with Crippen LogP contribution in [0, 0.1) is 5.82 Å². The minimum absolute atomic E-state index is 0.208. The summed E-state index contributed by atoms with van der Waals surface area (Å²) >= 11 is 5.84. The van der Waals surface area contributed by atoms with Crippen LogP contribution in [0.25, 0.3) is 33.0 Å². The van der Waals surface area contributed by atoms with Crippen molar-refractivity contribution in [3.05, 3.63) is 95.8 Å². The molecular weight excluding hydrogens is 367 g/mol. The fraction of sp³-hybridized carbons (Fsp3) is 0.154. The highest BCUT2D eigenvalue weighted by molar-refractivity contribution is 6.17. The Kier molecular flexibility index (Phi) is 5.45. The topological polar surface area (TPSA) is 0 Å². The van der Waals surface area contributed by atoms with Crippen molar-refractivity contribution in [2.45, 2.75) is 25.6 Å². The lowest BCUT2D eigenvalue weighted by Gasteiger charge is -2.09. The maximum atomic E-state index is 14.9. The third-order valence-electron chi connectivity index (χ3n) is 5.16. The molecule has 28 heavy (non-hydrogen) atoms. The summed E-state index contributed by atoms with van der Waals surface area (Å²) in [5, 5.41) is 2.34. The average molecular weight is 389 g/mol. The minimum atomic E-state index is -0.208. The van der Waals surface area contributed by atoms with E-state index in [1.165, 1.54) is 10.9 Å². The number of halogens is 2. The van der Waals surface area contributed by atoms with E-state index in [1.54, 1.807) is 6.07 Å². The van der Waals surface area contributed by atoms with Crippen molar-refractivity contribution in [2.75, 3.05) is 0 Å². The zero-order valence-corrected chi connectivity index (χ0v) is 16.6. The van der Waals surface area contributed by atoms with Gasteiger partial charge in [-0.05, 0) is 57.1 Å². The van der Waals surface area contributed by atoms with Crippen molar-refractivity contribution in [1.29, 1.82) is 0 Å². The Hall–Kier alpha value is -2.64.